The summed E-state index contributed by atoms with van der Waals surface area (Å²) >= 11 is 0. The van der Waals surface area contributed by atoms with E-state index in [0.29, 0.717) is 23.8 Å². The maximum absolute atomic E-state index is 13.7. The lowest BCUT2D eigenvalue weighted by atomic mass is 10.1. The summed E-state index contributed by atoms with van der Waals surface area (Å²) in [6.45, 7) is 3.91. The molecule has 6 nitrogen and oxygen atoms in total. The minimum absolute atomic E-state index is 0.0272. The Bertz CT molecular complexity index is 718. The molecule has 2 aromatic rings. The quantitative estimate of drug-likeness (QED) is 0.838. The highest BCUT2D eigenvalue weighted by Crippen LogP contribution is 2.25. The van der Waals surface area contributed by atoms with Gasteiger partial charge in [0.05, 0.1) is 12.5 Å². The Hall–Kier alpha value is -2.28. The number of nitrogens with zero attached hydrogens (tertiary/aromatic N) is 4. The molecule has 2 heterocycles. The summed E-state index contributed by atoms with van der Waals surface area (Å²) in [6, 6.07) is 6.52. The Labute approximate surface area is 140 Å². The van der Waals surface area contributed by atoms with Crippen molar-refractivity contribution in [2.75, 3.05) is 26.7 Å². The maximum atomic E-state index is 13.7. The number of benzene rings is 1. The van der Waals surface area contributed by atoms with Crippen molar-refractivity contribution in [2.24, 2.45) is 0 Å². The van der Waals surface area contributed by atoms with E-state index >= 15 is 0 Å². The summed E-state index contributed by atoms with van der Waals surface area (Å²) < 4.78 is 18.9. The third-order valence-corrected chi connectivity index (χ3v) is 4.31. The van der Waals surface area contributed by atoms with Crippen molar-refractivity contribution < 1.29 is 13.7 Å². The van der Waals surface area contributed by atoms with E-state index in [-0.39, 0.29) is 24.2 Å². The van der Waals surface area contributed by atoms with Gasteiger partial charge in [-0.2, -0.15) is 4.98 Å². The SMILES string of the molecule is Cc1noc(C2CCN(CC(=O)N(C)Cc3ccccc3F)C2)n1. The smallest absolute Gasteiger partial charge is 0.236 e. The largest absolute Gasteiger partial charge is 0.340 e. The first-order chi connectivity index (χ1) is 11.5. The molecule has 1 aliphatic rings. The summed E-state index contributed by atoms with van der Waals surface area (Å²) in [4.78, 5) is 20.3. The van der Waals surface area contributed by atoms with Crippen molar-refractivity contribution in [3.63, 3.8) is 0 Å². The Morgan fingerprint density at radius 3 is 2.96 bits per heavy atom. The second-order valence-corrected chi connectivity index (χ2v) is 6.24. The second-order valence-electron chi connectivity index (χ2n) is 6.24. The van der Waals surface area contributed by atoms with E-state index in [1.54, 1.807) is 37.1 Å². The van der Waals surface area contributed by atoms with Crippen LogP contribution in [0.3, 0.4) is 0 Å². The molecular weight excluding hydrogens is 311 g/mol. The Kier molecular flexibility index (Phi) is 4.89. The number of carbonyl (C=O) groups is 1. The number of aromatic nitrogens is 2. The lowest BCUT2D eigenvalue weighted by Crippen LogP contribution is -2.37. The third-order valence-electron chi connectivity index (χ3n) is 4.31. The van der Waals surface area contributed by atoms with Crippen molar-refractivity contribution >= 4 is 5.91 Å². The molecule has 1 aromatic carbocycles. The van der Waals surface area contributed by atoms with Gasteiger partial charge in [-0.3, -0.25) is 9.69 Å². The van der Waals surface area contributed by atoms with Crippen LogP contribution in [0.15, 0.2) is 28.8 Å². The van der Waals surface area contributed by atoms with E-state index in [9.17, 15) is 9.18 Å². The Morgan fingerprint density at radius 1 is 1.46 bits per heavy atom. The standard InChI is InChI=1S/C17H21FN4O2/c1-12-19-17(24-20-12)14-7-8-22(10-14)11-16(23)21(2)9-13-5-3-4-6-15(13)18/h3-6,14H,7-11H2,1-2H3. The number of likely N-dealkylation sites (tertiary alicyclic amines) is 1. The van der Waals surface area contributed by atoms with Gasteiger partial charge in [-0.15, -0.1) is 0 Å². The van der Waals surface area contributed by atoms with E-state index in [1.165, 1.54) is 6.07 Å². The molecule has 1 unspecified atom stereocenters. The molecule has 0 aliphatic carbocycles. The number of aryl methyl sites for hydroxylation is 1. The lowest BCUT2D eigenvalue weighted by Gasteiger charge is -2.21. The molecular formula is C17H21FN4O2. The van der Waals surface area contributed by atoms with Crippen LogP contribution in [-0.2, 0) is 11.3 Å². The maximum Gasteiger partial charge on any atom is 0.236 e. The minimum Gasteiger partial charge on any atom is -0.340 e. The van der Waals surface area contributed by atoms with Gasteiger partial charge in [0.1, 0.15) is 5.82 Å². The Morgan fingerprint density at radius 2 is 2.25 bits per heavy atom. The van der Waals surface area contributed by atoms with Crippen LogP contribution in [0.1, 0.15) is 29.6 Å². The van der Waals surface area contributed by atoms with Crippen LogP contribution in [-0.4, -0.2) is 52.5 Å². The van der Waals surface area contributed by atoms with Gasteiger partial charge in [0.2, 0.25) is 11.8 Å². The molecule has 1 saturated heterocycles. The van der Waals surface area contributed by atoms with Gasteiger partial charge in [0.15, 0.2) is 5.82 Å². The van der Waals surface area contributed by atoms with Gasteiger partial charge in [-0.25, -0.2) is 4.39 Å². The number of amides is 1. The Balaban J connectivity index is 1.52. The minimum atomic E-state index is -0.287. The van der Waals surface area contributed by atoms with Gasteiger partial charge in [-0.05, 0) is 26.0 Å². The van der Waals surface area contributed by atoms with Crippen LogP contribution >= 0.6 is 0 Å². The summed E-state index contributed by atoms with van der Waals surface area (Å²) in [5.41, 5.74) is 0.522. The average molecular weight is 332 g/mol. The second kappa shape index (κ2) is 7.09. The van der Waals surface area contributed by atoms with Crippen molar-refractivity contribution in [2.45, 2.75) is 25.8 Å². The first-order valence-corrected chi connectivity index (χ1v) is 8.03. The van der Waals surface area contributed by atoms with Gasteiger partial charge >= 0.3 is 0 Å². The number of halogens is 1. The molecule has 0 spiro atoms. The van der Waals surface area contributed by atoms with Gasteiger partial charge < -0.3 is 9.42 Å². The number of likely N-dealkylation sites (N-methyl/N-ethyl adjacent to an activating group) is 1. The molecule has 0 saturated carbocycles. The molecule has 1 aromatic heterocycles. The van der Waals surface area contributed by atoms with Crippen LogP contribution in [0.5, 0.6) is 0 Å². The highest BCUT2D eigenvalue weighted by Gasteiger charge is 2.29. The zero-order valence-electron chi connectivity index (χ0n) is 13.9. The fourth-order valence-electron chi connectivity index (χ4n) is 2.94. The zero-order valence-corrected chi connectivity index (χ0v) is 13.9. The first-order valence-electron chi connectivity index (χ1n) is 8.03. The summed E-state index contributed by atoms with van der Waals surface area (Å²) in [5.74, 6) is 1.13. The monoisotopic (exact) mass is 332 g/mol. The molecule has 1 atom stereocenters. The highest BCUT2D eigenvalue weighted by molar-refractivity contribution is 5.78. The zero-order chi connectivity index (χ0) is 17.1. The fraction of sp³-hybridized carbons (Fsp3) is 0.471. The van der Waals surface area contributed by atoms with Crippen LogP contribution in [0.25, 0.3) is 0 Å². The predicted molar refractivity (Wildman–Crippen MR) is 85.7 cm³/mol. The molecule has 24 heavy (non-hydrogen) atoms. The number of carbonyl (C=O) groups excluding carboxylic acids is 1. The molecule has 7 heteroatoms. The van der Waals surface area contributed by atoms with Gasteiger partial charge in [-0.1, -0.05) is 23.4 Å². The molecule has 0 bridgehead atoms. The fourth-order valence-corrected chi connectivity index (χ4v) is 2.94. The lowest BCUT2D eigenvalue weighted by molar-refractivity contribution is -0.131. The van der Waals surface area contributed by atoms with Gasteiger partial charge in [0.25, 0.3) is 0 Å². The normalized spacial score (nSPS) is 18.0. The number of rotatable bonds is 5. The van der Waals surface area contributed by atoms with E-state index in [2.05, 4.69) is 15.0 Å². The number of hydrogen-bond donors (Lipinski definition) is 0. The molecule has 1 amide bonds. The average Bonchev–Trinajstić information content (AvgIpc) is 3.18. The third kappa shape index (κ3) is 3.79. The molecule has 3 rings (SSSR count). The predicted octanol–water partition coefficient (Wildman–Crippen LogP) is 1.97. The van der Waals surface area contributed by atoms with Crippen LogP contribution < -0.4 is 0 Å². The highest BCUT2D eigenvalue weighted by atomic mass is 19.1. The number of hydrogen-bond acceptors (Lipinski definition) is 5. The van der Waals surface area contributed by atoms with Crippen molar-refractivity contribution in [1.29, 1.82) is 0 Å². The van der Waals surface area contributed by atoms with Crippen LogP contribution in [0.4, 0.5) is 4.39 Å². The summed E-state index contributed by atoms with van der Waals surface area (Å²) in [6.07, 6.45) is 0.895. The summed E-state index contributed by atoms with van der Waals surface area (Å²) in [7, 11) is 1.70. The van der Waals surface area contributed by atoms with Crippen molar-refractivity contribution in [3.05, 3.63) is 47.4 Å². The van der Waals surface area contributed by atoms with Crippen molar-refractivity contribution in [3.8, 4) is 0 Å². The van der Waals surface area contributed by atoms with Crippen molar-refractivity contribution in [1.82, 2.24) is 19.9 Å². The molecule has 0 radical (unpaired) electrons. The molecule has 128 valence electrons. The van der Waals surface area contributed by atoms with E-state index < -0.39 is 0 Å². The van der Waals surface area contributed by atoms with Gasteiger partial charge in [0, 0.05) is 25.7 Å². The van der Waals surface area contributed by atoms with E-state index in [0.717, 1.165) is 19.5 Å². The molecule has 1 fully saturated rings. The van der Waals surface area contributed by atoms with Crippen LogP contribution in [0.2, 0.25) is 0 Å². The topological polar surface area (TPSA) is 62.5 Å². The summed E-state index contributed by atoms with van der Waals surface area (Å²) in [5, 5.41) is 3.82. The molecule has 0 N–H and O–H groups in total. The van der Waals surface area contributed by atoms with E-state index in [4.69, 9.17) is 4.52 Å². The van der Waals surface area contributed by atoms with E-state index in [1.807, 2.05) is 0 Å². The molecule has 1 aliphatic heterocycles. The first kappa shape index (κ1) is 16.6. The van der Waals surface area contributed by atoms with Crippen LogP contribution in [0, 0.1) is 12.7 Å².